The minimum atomic E-state index is -0.242. The number of hydrogen-bond acceptors (Lipinski definition) is 6. The molecule has 1 aliphatic rings. The van der Waals surface area contributed by atoms with Crippen LogP contribution < -0.4 is 5.32 Å². The van der Waals surface area contributed by atoms with Gasteiger partial charge in [-0.15, -0.1) is 5.10 Å². The van der Waals surface area contributed by atoms with Crippen molar-refractivity contribution in [2.24, 2.45) is 0 Å². The lowest BCUT2D eigenvalue weighted by Crippen LogP contribution is -2.08. The zero-order chi connectivity index (χ0) is 19.0. The van der Waals surface area contributed by atoms with E-state index < -0.39 is 0 Å². The summed E-state index contributed by atoms with van der Waals surface area (Å²) in [4.78, 5) is 24.4. The Kier molecular flexibility index (Phi) is 4.49. The number of aryl methyl sites for hydroxylation is 1. The normalized spacial score (nSPS) is 15.5. The highest BCUT2D eigenvalue weighted by atomic mass is 32.2. The van der Waals surface area contributed by atoms with Gasteiger partial charge in [0.2, 0.25) is 11.1 Å². The summed E-state index contributed by atoms with van der Waals surface area (Å²) in [6.07, 6.45) is 0. The Labute approximate surface area is 160 Å². The van der Waals surface area contributed by atoms with Gasteiger partial charge in [-0.25, -0.2) is 0 Å². The van der Waals surface area contributed by atoms with Crippen molar-refractivity contribution in [2.75, 3.05) is 11.1 Å². The second-order valence-electron chi connectivity index (χ2n) is 6.38. The van der Waals surface area contributed by atoms with E-state index in [1.165, 1.54) is 11.8 Å². The summed E-state index contributed by atoms with van der Waals surface area (Å²) >= 11 is 1.29. The minimum absolute atomic E-state index is 0.0336. The molecule has 0 fully saturated rings. The molecule has 1 aliphatic heterocycles. The van der Waals surface area contributed by atoms with Crippen molar-refractivity contribution in [1.29, 1.82) is 0 Å². The van der Waals surface area contributed by atoms with Crippen LogP contribution in [0.3, 0.4) is 0 Å². The SMILES string of the molecule is Cc1ccccc1-n1nnnc1SCC(=O)c1ccc2c(c1)[C@H](C)C(=O)N2. The van der Waals surface area contributed by atoms with Crippen LogP contribution in [-0.2, 0) is 4.79 Å². The number of aromatic nitrogens is 4. The Bertz CT molecular complexity index is 1050. The number of anilines is 1. The summed E-state index contributed by atoms with van der Waals surface area (Å²) in [5, 5.41) is 15.2. The fourth-order valence-corrected chi connectivity index (χ4v) is 3.80. The molecule has 27 heavy (non-hydrogen) atoms. The summed E-state index contributed by atoms with van der Waals surface area (Å²) in [6.45, 7) is 3.82. The maximum atomic E-state index is 12.6. The Balaban J connectivity index is 1.51. The van der Waals surface area contributed by atoms with Crippen LogP contribution in [0.25, 0.3) is 5.69 Å². The first-order valence-electron chi connectivity index (χ1n) is 8.50. The Morgan fingerprint density at radius 3 is 2.89 bits per heavy atom. The topological polar surface area (TPSA) is 89.8 Å². The number of fused-ring (bicyclic) bond motifs is 1. The van der Waals surface area contributed by atoms with Crippen LogP contribution in [0, 0.1) is 6.92 Å². The van der Waals surface area contributed by atoms with Crippen molar-refractivity contribution >= 4 is 29.1 Å². The second kappa shape index (κ2) is 6.96. The van der Waals surface area contributed by atoms with Crippen molar-refractivity contribution in [1.82, 2.24) is 20.2 Å². The molecule has 4 rings (SSSR count). The third-order valence-electron chi connectivity index (χ3n) is 4.61. The number of thioether (sulfide) groups is 1. The van der Waals surface area contributed by atoms with Crippen LogP contribution in [0.15, 0.2) is 47.6 Å². The smallest absolute Gasteiger partial charge is 0.231 e. The second-order valence-corrected chi connectivity index (χ2v) is 7.33. The van der Waals surface area contributed by atoms with Crippen LogP contribution in [0.5, 0.6) is 0 Å². The number of nitrogens with one attached hydrogen (secondary N) is 1. The monoisotopic (exact) mass is 379 g/mol. The summed E-state index contributed by atoms with van der Waals surface area (Å²) < 4.78 is 1.64. The summed E-state index contributed by atoms with van der Waals surface area (Å²) in [7, 11) is 0. The molecule has 0 unspecified atom stereocenters. The third kappa shape index (κ3) is 3.23. The van der Waals surface area contributed by atoms with Crippen LogP contribution in [0.1, 0.15) is 34.3 Å². The number of rotatable bonds is 5. The quantitative estimate of drug-likeness (QED) is 0.541. The maximum Gasteiger partial charge on any atom is 0.231 e. The molecule has 1 atom stereocenters. The van der Waals surface area contributed by atoms with Crippen LogP contribution in [-0.4, -0.2) is 37.7 Å². The highest BCUT2D eigenvalue weighted by Crippen LogP contribution is 2.33. The summed E-state index contributed by atoms with van der Waals surface area (Å²) in [5.41, 5.74) is 4.15. The molecule has 1 N–H and O–H groups in total. The Morgan fingerprint density at radius 1 is 1.26 bits per heavy atom. The predicted molar refractivity (Wildman–Crippen MR) is 102 cm³/mol. The molecule has 8 heteroatoms. The molecule has 0 bridgehead atoms. The van der Waals surface area contributed by atoms with Crippen molar-refractivity contribution in [2.45, 2.75) is 24.9 Å². The van der Waals surface area contributed by atoms with Gasteiger partial charge in [0.25, 0.3) is 0 Å². The van der Waals surface area contributed by atoms with Gasteiger partial charge in [-0.3, -0.25) is 9.59 Å². The van der Waals surface area contributed by atoms with Gasteiger partial charge in [-0.1, -0.05) is 30.0 Å². The van der Waals surface area contributed by atoms with E-state index in [0.29, 0.717) is 10.7 Å². The fraction of sp³-hybridized carbons (Fsp3) is 0.211. The molecule has 2 aromatic carbocycles. The molecule has 2 heterocycles. The number of tetrazole rings is 1. The number of amides is 1. The lowest BCUT2D eigenvalue weighted by molar-refractivity contribution is -0.116. The maximum absolute atomic E-state index is 12.6. The molecule has 0 radical (unpaired) electrons. The van der Waals surface area contributed by atoms with Gasteiger partial charge < -0.3 is 5.32 Å². The number of carbonyl (C=O) groups is 2. The van der Waals surface area contributed by atoms with E-state index in [9.17, 15) is 9.59 Å². The van der Waals surface area contributed by atoms with Gasteiger partial charge in [0.1, 0.15) is 0 Å². The number of benzene rings is 2. The largest absolute Gasteiger partial charge is 0.325 e. The van der Waals surface area contributed by atoms with Crippen molar-refractivity contribution in [3.63, 3.8) is 0 Å². The lowest BCUT2D eigenvalue weighted by atomic mass is 9.99. The standard InChI is InChI=1S/C19H17N5O2S/c1-11-5-3-4-6-16(11)24-19(21-22-23-24)27-10-17(25)13-7-8-15-14(9-13)12(2)18(26)20-15/h3-9,12H,10H2,1-2H3,(H,20,26)/t12-/m0/s1. The van der Waals surface area contributed by atoms with E-state index in [0.717, 1.165) is 22.5 Å². The molecule has 0 aliphatic carbocycles. The first kappa shape index (κ1) is 17.4. The van der Waals surface area contributed by atoms with Gasteiger partial charge in [0, 0.05) is 11.3 Å². The zero-order valence-corrected chi connectivity index (χ0v) is 15.7. The molecule has 7 nitrogen and oxygen atoms in total. The zero-order valence-electron chi connectivity index (χ0n) is 14.8. The van der Waals surface area contributed by atoms with Crippen molar-refractivity contribution in [3.8, 4) is 5.69 Å². The number of hydrogen-bond donors (Lipinski definition) is 1. The van der Waals surface area contributed by atoms with Gasteiger partial charge in [-0.2, -0.15) is 4.68 Å². The molecular formula is C19H17N5O2S. The predicted octanol–water partition coefficient (Wildman–Crippen LogP) is 3.00. The Morgan fingerprint density at radius 2 is 2.07 bits per heavy atom. The number of Topliss-reactive ketones (excluding diaryl/α,β-unsaturated/α-hetero) is 1. The molecular weight excluding hydrogens is 362 g/mol. The van der Waals surface area contributed by atoms with Gasteiger partial charge in [-0.05, 0) is 59.7 Å². The summed E-state index contributed by atoms with van der Waals surface area (Å²) in [5.74, 6) is -0.107. The Hall–Kier alpha value is -3.00. The highest BCUT2D eigenvalue weighted by molar-refractivity contribution is 7.99. The van der Waals surface area contributed by atoms with Crippen molar-refractivity contribution in [3.05, 3.63) is 59.2 Å². The molecule has 3 aromatic rings. The highest BCUT2D eigenvalue weighted by Gasteiger charge is 2.27. The number of ketones is 1. The number of carbonyl (C=O) groups excluding carboxylic acids is 2. The van der Waals surface area contributed by atoms with Crippen LogP contribution >= 0.6 is 11.8 Å². The average Bonchev–Trinajstić information content (AvgIpc) is 3.24. The molecule has 136 valence electrons. The van der Waals surface area contributed by atoms with E-state index in [1.54, 1.807) is 22.9 Å². The molecule has 0 saturated carbocycles. The number of para-hydroxylation sites is 1. The van der Waals surface area contributed by atoms with Crippen molar-refractivity contribution < 1.29 is 9.59 Å². The number of nitrogens with zero attached hydrogens (tertiary/aromatic N) is 4. The molecule has 1 amide bonds. The molecule has 0 spiro atoms. The van der Waals surface area contributed by atoms with Crippen LogP contribution in [0.4, 0.5) is 5.69 Å². The van der Waals surface area contributed by atoms with Gasteiger partial charge >= 0.3 is 0 Å². The molecule has 0 saturated heterocycles. The van der Waals surface area contributed by atoms with Gasteiger partial charge in [0.05, 0.1) is 17.4 Å². The van der Waals surface area contributed by atoms with E-state index in [1.807, 2.05) is 38.1 Å². The van der Waals surface area contributed by atoms with E-state index in [-0.39, 0.29) is 23.4 Å². The first-order chi connectivity index (χ1) is 13.0. The van der Waals surface area contributed by atoms with E-state index >= 15 is 0 Å². The van der Waals surface area contributed by atoms with Crippen LogP contribution in [0.2, 0.25) is 0 Å². The lowest BCUT2D eigenvalue weighted by Gasteiger charge is -2.07. The van der Waals surface area contributed by atoms with Gasteiger partial charge in [0.15, 0.2) is 5.78 Å². The van der Waals surface area contributed by atoms with E-state index in [2.05, 4.69) is 20.8 Å². The average molecular weight is 379 g/mol. The first-order valence-corrected chi connectivity index (χ1v) is 9.48. The minimum Gasteiger partial charge on any atom is -0.325 e. The fourth-order valence-electron chi connectivity index (χ4n) is 3.03. The summed E-state index contributed by atoms with van der Waals surface area (Å²) in [6, 6.07) is 13.1. The molecule has 1 aromatic heterocycles. The van der Waals surface area contributed by atoms with E-state index in [4.69, 9.17) is 0 Å². The third-order valence-corrected chi connectivity index (χ3v) is 5.53.